The van der Waals surface area contributed by atoms with E-state index in [9.17, 15) is 77.4 Å². The van der Waals surface area contributed by atoms with Crippen molar-refractivity contribution in [2.45, 2.75) is 80.1 Å². The molecule has 0 spiro atoms. The monoisotopic (exact) mass is 2050 g/mol. The third-order valence-corrected chi connectivity index (χ3v) is 27.0. The number of phenols is 3. The van der Waals surface area contributed by atoms with E-state index in [1.165, 1.54) is 44.1 Å². The van der Waals surface area contributed by atoms with Crippen LogP contribution in [0.15, 0.2) is 107 Å². The Morgan fingerprint density at radius 2 is 0.630 bits per heavy atom. The van der Waals surface area contributed by atoms with Crippen LogP contribution in [-0.4, -0.2) is 170 Å². The van der Waals surface area contributed by atoms with Gasteiger partial charge in [0.05, 0.1) is 119 Å². The van der Waals surface area contributed by atoms with E-state index >= 15 is 0 Å². The molecule has 696 valence electrons. The van der Waals surface area contributed by atoms with Crippen molar-refractivity contribution in [1.29, 1.82) is 15.8 Å². The molecule has 3 saturated heterocycles. The van der Waals surface area contributed by atoms with Crippen LogP contribution < -0.4 is 31.4 Å². The molecule has 9 aromatic heterocycles. The molecule has 3 amide bonds. The molecule has 0 aliphatic carbocycles. The number of nitrogens with zero attached hydrogens (tertiary/aromatic N) is 18. The van der Waals surface area contributed by atoms with Crippen LogP contribution in [0.4, 0.5) is 34.6 Å². The van der Waals surface area contributed by atoms with Gasteiger partial charge in [0.2, 0.25) is 29.4 Å². The van der Waals surface area contributed by atoms with E-state index in [4.69, 9.17) is 133 Å². The third-order valence-electron chi connectivity index (χ3n) is 23.0. The molecule has 0 atom stereocenters. The Morgan fingerprint density at radius 3 is 0.874 bits per heavy atom. The Bertz CT molecular complexity index is 6650. The smallest absolute Gasteiger partial charge is 0.276 e. The Labute approximate surface area is 823 Å². The quantitative estimate of drug-likeness (QED) is 0.0371. The van der Waals surface area contributed by atoms with Gasteiger partial charge in [-0.2, -0.15) is 24.6 Å². The number of benzene rings is 3. The zero-order valence-electron chi connectivity index (χ0n) is 72.8. The highest BCUT2D eigenvalue weighted by Crippen LogP contribution is 2.53. The molecule has 0 unspecified atom stereocenters. The summed E-state index contributed by atoms with van der Waals surface area (Å²) in [5.74, 6) is -10.5. The van der Waals surface area contributed by atoms with Crippen molar-refractivity contribution in [3.8, 4) is 86.3 Å². The Balaban J connectivity index is 0.000000171. The summed E-state index contributed by atoms with van der Waals surface area (Å²) in [6.07, 6.45) is 8.53. The molecule has 12 aromatic rings. The number of hydrogen-bond acceptors (Lipinski definition) is 21. The molecule has 27 nitrogen and oxygen atoms in total. The molecule has 12 heterocycles. The van der Waals surface area contributed by atoms with Gasteiger partial charge in [-0.3, -0.25) is 57.4 Å². The number of halogens is 15. The van der Waals surface area contributed by atoms with Crippen LogP contribution in [0.1, 0.15) is 110 Å². The summed E-state index contributed by atoms with van der Waals surface area (Å²) in [4.78, 5) is 118. The van der Waals surface area contributed by atoms with Crippen LogP contribution in [0.3, 0.4) is 0 Å². The van der Waals surface area contributed by atoms with E-state index in [1.807, 2.05) is 53.4 Å². The summed E-state index contributed by atoms with van der Waals surface area (Å²) in [7, 11) is 0. The lowest BCUT2D eigenvalue weighted by Crippen LogP contribution is -2.49. The second kappa shape index (κ2) is 40.5. The number of aromatic nitrogens is 9. The molecule has 3 aromatic carbocycles. The molecular weight excluding hydrogens is 1980 g/mol. The van der Waals surface area contributed by atoms with E-state index in [2.05, 4.69) is 62.9 Å². The van der Waals surface area contributed by atoms with Crippen molar-refractivity contribution in [2.75, 3.05) is 93.2 Å². The first-order chi connectivity index (χ1) is 64.0. The largest absolute Gasteiger partial charge is 0.505 e. The lowest BCUT2D eigenvalue weighted by atomic mass is 10.0. The number of carbonyl (C=O) groups excluding carboxylic acids is 3. The average Bonchev–Trinajstić information content (AvgIpc) is 0.728. The van der Waals surface area contributed by atoms with Gasteiger partial charge in [0, 0.05) is 130 Å². The second-order valence-electron chi connectivity index (χ2n) is 32.0. The van der Waals surface area contributed by atoms with Gasteiger partial charge in [-0.05, 0) is 110 Å². The maximum Gasteiger partial charge on any atom is 0.276 e. The molecule has 3 aliphatic heterocycles. The number of piperazine rings is 3. The van der Waals surface area contributed by atoms with Gasteiger partial charge >= 0.3 is 0 Å². The van der Waals surface area contributed by atoms with Crippen molar-refractivity contribution in [3.63, 3.8) is 0 Å². The normalized spacial score (nSPS) is 13.4. The van der Waals surface area contributed by atoms with Crippen LogP contribution >= 0.6 is 128 Å². The minimum absolute atomic E-state index is 0.00517. The summed E-state index contributed by atoms with van der Waals surface area (Å²) in [6, 6.07) is 15.8. The van der Waals surface area contributed by atoms with E-state index in [0.717, 1.165) is 0 Å². The number of carbonyl (C=O) groups is 3. The van der Waals surface area contributed by atoms with E-state index < -0.39 is 88.4 Å². The topological polar surface area (TPSA) is 346 Å². The molecular formula is C93H75Cl11F4N18O9. The average molecular weight is 2050 g/mol. The fraction of sp³-hybridized carbons (Fsp3) is 0.258. The molecule has 3 N–H and O–H groups in total. The molecule has 42 heteroatoms. The molecule has 135 heavy (non-hydrogen) atoms. The first-order valence-electron chi connectivity index (χ1n) is 41.1. The number of nitriles is 3. The number of rotatable bonds is 15. The number of phenolic OH excluding ortho intramolecular Hbond substituents is 3. The van der Waals surface area contributed by atoms with Gasteiger partial charge in [-0.25, -0.2) is 23.7 Å². The van der Waals surface area contributed by atoms with Crippen LogP contribution in [-0.2, 0) is 14.4 Å². The Morgan fingerprint density at radius 1 is 0.378 bits per heavy atom. The first kappa shape index (κ1) is 100. The number of hydrogen-bond donors (Lipinski definition) is 3. The third kappa shape index (κ3) is 18.0. The number of pyridine rings is 9. The van der Waals surface area contributed by atoms with Crippen molar-refractivity contribution in [3.05, 3.63) is 253 Å². The van der Waals surface area contributed by atoms with Crippen LogP contribution in [0.5, 0.6) is 17.2 Å². The van der Waals surface area contributed by atoms with Crippen molar-refractivity contribution in [1.82, 2.24) is 58.3 Å². The number of aryl methyl sites for hydroxylation is 3. The van der Waals surface area contributed by atoms with E-state index in [-0.39, 0.29) is 201 Å². The molecule has 0 bridgehead atoms. The van der Waals surface area contributed by atoms with E-state index in [0.29, 0.717) is 88.1 Å². The van der Waals surface area contributed by atoms with Crippen LogP contribution in [0.25, 0.3) is 83.9 Å². The molecule has 15 rings (SSSR count). The highest BCUT2D eigenvalue weighted by atomic mass is 35.5. The SMILES string of the molecule is C=CC(=O)N1CCN(c2c(C#N)c(=O)n(-c3c(C)ccnc3C(C)C)c3nc(-c4c(Cl)c(O)c(Cl)c(Cl)c4Cl)c(Cl)cc23)CC1.C=CC(=O)N1CCN(c2c(C#N)c(=O)n(-c3c(C)ccnc3C(C)C)c3nc(-c4c(Cl)c(O)c(F)c(F)c4Cl)c(Cl)cc23)CC1.C=CC(=O)N1CCN(c2c(C#N)c(=O)n(-c3c(C)ccnc3C(C)C)c3nc(-c4c(Cl)c(O)c(F)c(F)c4Cl)c(Cl)cc23)CC1. The first-order valence-corrected chi connectivity index (χ1v) is 45.3. The van der Waals surface area contributed by atoms with Crippen molar-refractivity contribution >= 4 is 195 Å². The van der Waals surface area contributed by atoms with Gasteiger partial charge < -0.3 is 44.7 Å². The summed E-state index contributed by atoms with van der Waals surface area (Å²) >= 11 is 70.8. The van der Waals surface area contributed by atoms with E-state index in [1.54, 1.807) is 81.2 Å². The minimum atomic E-state index is -1.65. The fourth-order valence-corrected chi connectivity index (χ4v) is 19.4. The standard InChI is InChI=1S/C31H25Cl5N6O3.2C31H25Cl3F2N6O3/c3*1-5-19(43)40-8-10-41(11-9-40)28-16-12-18(32)26(20-21(33)23(35)24(36)29(44)22(20)34)39-30(16)42(31(45)17(28)13-37)27-15(4)6-7-38-25(27)14(2)3/h3*5-7,12,14,44H,1,8-11H2,2-4H3. The van der Waals surface area contributed by atoms with Crippen LogP contribution in [0, 0.1) is 78.0 Å². The van der Waals surface area contributed by atoms with Crippen LogP contribution in [0.2, 0.25) is 55.2 Å². The predicted octanol–water partition coefficient (Wildman–Crippen LogP) is 20.6. The fourth-order valence-electron chi connectivity index (χ4n) is 16.4. The number of aromatic hydroxyl groups is 3. The van der Waals surface area contributed by atoms with Gasteiger partial charge in [0.1, 0.15) is 56.9 Å². The Hall–Kier alpha value is -12.0. The van der Waals surface area contributed by atoms with Gasteiger partial charge in [0.25, 0.3) is 16.7 Å². The van der Waals surface area contributed by atoms with Gasteiger partial charge in [0.15, 0.2) is 28.9 Å². The molecule has 3 aliphatic rings. The molecule has 0 saturated carbocycles. The number of fused-ring (bicyclic) bond motifs is 3. The lowest BCUT2D eigenvalue weighted by Gasteiger charge is -2.36. The molecule has 3 fully saturated rings. The second-order valence-corrected chi connectivity index (χ2v) is 36.3. The summed E-state index contributed by atoms with van der Waals surface area (Å²) in [5.41, 5.74) is 1.96. The maximum atomic E-state index is 14.7. The van der Waals surface area contributed by atoms with Gasteiger partial charge in [-0.1, -0.05) is 189 Å². The zero-order chi connectivity index (χ0) is 98.7. The minimum Gasteiger partial charge on any atom is -0.505 e. The zero-order valence-corrected chi connectivity index (χ0v) is 81.1. The summed E-state index contributed by atoms with van der Waals surface area (Å²) in [5, 5.41) is 59.3. The maximum absolute atomic E-state index is 14.7. The summed E-state index contributed by atoms with van der Waals surface area (Å²) < 4.78 is 61.9. The predicted molar refractivity (Wildman–Crippen MR) is 519 cm³/mol. The highest BCUT2D eigenvalue weighted by Gasteiger charge is 2.38. The Kier molecular flexibility index (Phi) is 30.1. The molecule has 0 radical (unpaired) electrons. The summed E-state index contributed by atoms with van der Waals surface area (Å²) in [6.45, 7) is 31.0. The lowest BCUT2D eigenvalue weighted by molar-refractivity contribution is -0.127. The van der Waals surface area contributed by atoms with Crippen molar-refractivity contribution in [2.24, 2.45) is 0 Å². The number of anilines is 3. The van der Waals surface area contributed by atoms with Gasteiger partial charge in [-0.15, -0.1) is 0 Å². The van der Waals surface area contributed by atoms with Crippen molar-refractivity contribution < 1.29 is 47.3 Å². The highest BCUT2D eigenvalue weighted by molar-refractivity contribution is 6.53. The number of amides is 3.